The molecule has 9 heteroatoms. The van der Waals surface area contributed by atoms with Crippen molar-refractivity contribution in [2.24, 2.45) is 5.92 Å². The quantitative estimate of drug-likeness (QED) is 0.712. The molecule has 1 aliphatic heterocycles. The van der Waals surface area contributed by atoms with Crippen LogP contribution < -0.4 is 4.72 Å². The van der Waals surface area contributed by atoms with Gasteiger partial charge in [0.15, 0.2) is 9.84 Å². The largest absolute Gasteiger partial charge is 0.481 e. The Labute approximate surface area is 112 Å². The molecule has 2 aliphatic rings. The highest BCUT2D eigenvalue weighted by atomic mass is 32.2. The first-order chi connectivity index (χ1) is 8.70. The van der Waals surface area contributed by atoms with Crippen LogP contribution in [0.25, 0.3) is 0 Å². The molecule has 1 saturated heterocycles. The number of aliphatic carboxylic acids is 1. The van der Waals surface area contributed by atoms with Gasteiger partial charge in [-0.25, -0.2) is 21.6 Å². The Bertz CT molecular complexity index is 567. The maximum Gasteiger partial charge on any atom is 0.306 e. The fourth-order valence-electron chi connectivity index (χ4n) is 2.65. The first-order valence-electron chi connectivity index (χ1n) is 6.14. The van der Waals surface area contributed by atoms with Gasteiger partial charge in [-0.2, -0.15) is 0 Å². The Hall–Kier alpha value is -0.670. The first kappa shape index (κ1) is 14.7. The van der Waals surface area contributed by atoms with Crippen LogP contribution in [-0.4, -0.2) is 50.7 Å². The molecule has 0 aromatic rings. The highest BCUT2D eigenvalue weighted by Gasteiger charge is 2.39. The molecule has 0 aromatic carbocycles. The number of hydrogen-bond acceptors (Lipinski definition) is 5. The zero-order chi connectivity index (χ0) is 14.3. The molecule has 2 N–H and O–H groups in total. The summed E-state index contributed by atoms with van der Waals surface area (Å²) in [7, 11) is -6.94. The molecule has 1 heterocycles. The van der Waals surface area contributed by atoms with Gasteiger partial charge in [0, 0.05) is 6.04 Å². The summed E-state index contributed by atoms with van der Waals surface area (Å²) in [5.74, 6) is -1.86. The fourth-order valence-corrected chi connectivity index (χ4v) is 6.98. The van der Waals surface area contributed by atoms with E-state index in [-0.39, 0.29) is 24.3 Å². The zero-order valence-electron chi connectivity index (χ0n) is 10.3. The van der Waals surface area contributed by atoms with Crippen LogP contribution in [0.3, 0.4) is 0 Å². The van der Waals surface area contributed by atoms with E-state index in [9.17, 15) is 21.6 Å². The van der Waals surface area contributed by atoms with E-state index in [0.717, 1.165) is 0 Å². The minimum atomic E-state index is -3.69. The van der Waals surface area contributed by atoms with E-state index in [1.54, 1.807) is 0 Å². The van der Waals surface area contributed by atoms with Crippen molar-refractivity contribution >= 4 is 25.8 Å². The summed E-state index contributed by atoms with van der Waals surface area (Å²) >= 11 is 0. The molecular weight excluding hydrogens is 294 g/mol. The second-order valence-electron chi connectivity index (χ2n) is 5.23. The molecule has 0 spiro atoms. The molecule has 3 atom stereocenters. The van der Waals surface area contributed by atoms with Crippen molar-refractivity contribution in [1.82, 2.24) is 4.72 Å². The molecule has 0 aromatic heterocycles. The van der Waals surface area contributed by atoms with Crippen LogP contribution in [0.1, 0.15) is 25.7 Å². The van der Waals surface area contributed by atoms with Crippen LogP contribution in [0.2, 0.25) is 0 Å². The number of hydrogen-bond donors (Lipinski definition) is 2. The Morgan fingerprint density at radius 3 is 2.37 bits per heavy atom. The van der Waals surface area contributed by atoms with E-state index in [4.69, 9.17) is 5.11 Å². The van der Waals surface area contributed by atoms with Crippen LogP contribution in [0.4, 0.5) is 0 Å². The summed E-state index contributed by atoms with van der Waals surface area (Å²) in [6.45, 7) is 0. The molecule has 0 amide bonds. The average molecular weight is 311 g/mol. The number of rotatable bonds is 4. The Kier molecular flexibility index (Phi) is 3.90. The zero-order valence-corrected chi connectivity index (χ0v) is 11.9. The fraction of sp³-hybridized carbons (Fsp3) is 0.900. The van der Waals surface area contributed by atoms with Crippen molar-refractivity contribution in [2.75, 3.05) is 11.5 Å². The van der Waals surface area contributed by atoms with Crippen molar-refractivity contribution in [1.29, 1.82) is 0 Å². The standard InChI is InChI=1S/C10H17NO6S2/c12-10(13)7-1-2-8(5-7)11-19(16,17)9-3-4-18(14,15)6-9/h7-9,11H,1-6H2,(H,12,13). The molecule has 2 fully saturated rings. The smallest absolute Gasteiger partial charge is 0.306 e. The molecule has 19 heavy (non-hydrogen) atoms. The third-order valence-electron chi connectivity index (χ3n) is 3.74. The van der Waals surface area contributed by atoms with Gasteiger partial charge in [0.05, 0.1) is 22.7 Å². The van der Waals surface area contributed by atoms with Crippen molar-refractivity contribution in [3.05, 3.63) is 0 Å². The predicted molar refractivity (Wildman–Crippen MR) is 67.9 cm³/mol. The van der Waals surface area contributed by atoms with Crippen molar-refractivity contribution in [3.63, 3.8) is 0 Å². The van der Waals surface area contributed by atoms with Crippen molar-refractivity contribution in [2.45, 2.75) is 37.0 Å². The topological polar surface area (TPSA) is 118 Å². The molecule has 7 nitrogen and oxygen atoms in total. The van der Waals surface area contributed by atoms with Crippen LogP contribution in [0, 0.1) is 5.92 Å². The highest BCUT2D eigenvalue weighted by Crippen LogP contribution is 2.27. The number of carboxylic acid groups (broad SMARTS) is 1. The maximum atomic E-state index is 12.0. The predicted octanol–water partition coefficient (Wildman–Crippen LogP) is -0.654. The lowest BCUT2D eigenvalue weighted by atomic mass is 10.1. The van der Waals surface area contributed by atoms with Crippen LogP contribution >= 0.6 is 0 Å². The number of carboxylic acids is 1. The van der Waals surface area contributed by atoms with Gasteiger partial charge >= 0.3 is 5.97 Å². The van der Waals surface area contributed by atoms with E-state index < -0.39 is 43.0 Å². The van der Waals surface area contributed by atoms with Crippen molar-refractivity contribution < 1.29 is 26.7 Å². The molecule has 2 rings (SSSR count). The second-order valence-corrected chi connectivity index (χ2v) is 9.45. The molecule has 1 aliphatic carbocycles. The number of sulfone groups is 1. The minimum absolute atomic E-state index is 0.0962. The van der Waals surface area contributed by atoms with Gasteiger partial charge in [-0.05, 0) is 25.7 Å². The van der Waals surface area contributed by atoms with Gasteiger partial charge in [0.25, 0.3) is 0 Å². The highest BCUT2D eigenvalue weighted by molar-refractivity contribution is 7.95. The second kappa shape index (κ2) is 5.02. The molecule has 0 radical (unpaired) electrons. The van der Waals surface area contributed by atoms with Crippen LogP contribution in [-0.2, 0) is 24.7 Å². The number of sulfonamides is 1. The summed E-state index contributed by atoms with van der Waals surface area (Å²) in [6, 6.07) is -0.394. The summed E-state index contributed by atoms with van der Waals surface area (Å²) in [4.78, 5) is 10.8. The van der Waals surface area contributed by atoms with E-state index in [1.807, 2.05) is 0 Å². The van der Waals surface area contributed by atoms with Gasteiger partial charge in [-0.15, -0.1) is 0 Å². The molecule has 0 bridgehead atoms. The van der Waals surface area contributed by atoms with Gasteiger partial charge in [0.1, 0.15) is 0 Å². The maximum absolute atomic E-state index is 12.0. The SMILES string of the molecule is O=C(O)C1CCC(NS(=O)(=O)C2CCS(=O)(=O)C2)C1. The first-order valence-corrected chi connectivity index (χ1v) is 9.51. The summed E-state index contributed by atoms with van der Waals surface area (Å²) in [5.41, 5.74) is 0. The van der Waals surface area contributed by atoms with Crippen LogP contribution in [0.5, 0.6) is 0 Å². The Morgan fingerprint density at radius 2 is 1.89 bits per heavy atom. The monoisotopic (exact) mass is 311 g/mol. The number of nitrogens with one attached hydrogen (secondary N) is 1. The lowest BCUT2D eigenvalue weighted by Gasteiger charge is -2.16. The molecule has 3 unspecified atom stereocenters. The van der Waals surface area contributed by atoms with E-state index in [0.29, 0.717) is 12.8 Å². The van der Waals surface area contributed by atoms with Gasteiger partial charge in [0.2, 0.25) is 10.0 Å². The summed E-state index contributed by atoms with van der Waals surface area (Å²) in [5, 5.41) is 7.95. The van der Waals surface area contributed by atoms with Crippen LogP contribution in [0.15, 0.2) is 0 Å². The third-order valence-corrected chi connectivity index (χ3v) is 7.66. The van der Waals surface area contributed by atoms with Gasteiger partial charge in [-0.3, -0.25) is 4.79 Å². The average Bonchev–Trinajstić information content (AvgIpc) is 2.84. The Morgan fingerprint density at radius 1 is 1.21 bits per heavy atom. The molecule has 110 valence electrons. The van der Waals surface area contributed by atoms with Crippen molar-refractivity contribution in [3.8, 4) is 0 Å². The van der Waals surface area contributed by atoms with E-state index >= 15 is 0 Å². The summed E-state index contributed by atoms with van der Waals surface area (Å²) < 4.78 is 49.1. The third kappa shape index (κ3) is 3.46. The molecular formula is C10H17NO6S2. The lowest BCUT2D eigenvalue weighted by Crippen LogP contribution is -2.40. The van der Waals surface area contributed by atoms with E-state index in [2.05, 4.69) is 4.72 Å². The van der Waals surface area contributed by atoms with E-state index in [1.165, 1.54) is 0 Å². The minimum Gasteiger partial charge on any atom is -0.481 e. The van der Waals surface area contributed by atoms with Gasteiger partial charge < -0.3 is 5.11 Å². The number of carbonyl (C=O) groups is 1. The Balaban J connectivity index is 1.98. The van der Waals surface area contributed by atoms with Gasteiger partial charge in [-0.1, -0.05) is 0 Å². The normalized spacial score (nSPS) is 34.4. The molecule has 1 saturated carbocycles. The lowest BCUT2D eigenvalue weighted by molar-refractivity contribution is -0.141. The summed E-state index contributed by atoms with van der Waals surface area (Å²) in [6.07, 6.45) is 1.32.